The highest BCUT2D eigenvalue weighted by atomic mass is 16.5. The van der Waals surface area contributed by atoms with Crippen LogP contribution in [0.15, 0.2) is 11.6 Å². The topological polar surface area (TPSA) is 21.3 Å². The molecule has 0 saturated carbocycles. The first-order valence-corrected chi connectivity index (χ1v) is 5.64. The van der Waals surface area contributed by atoms with Crippen molar-refractivity contribution in [3.8, 4) is 0 Å². The summed E-state index contributed by atoms with van der Waals surface area (Å²) in [5.74, 6) is 0. The van der Waals surface area contributed by atoms with E-state index in [1.807, 2.05) is 0 Å². The van der Waals surface area contributed by atoms with Gasteiger partial charge >= 0.3 is 0 Å². The zero-order chi connectivity index (χ0) is 10.6. The fraction of sp³-hybridized carbons (Fsp3) is 0.833. The Morgan fingerprint density at radius 3 is 2.71 bits per heavy atom. The van der Waals surface area contributed by atoms with Gasteiger partial charge in [0.15, 0.2) is 0 Å². The van der Waals surface area contributed by atoms with Crippen molar-refractivity contribution in [3.63, 3.8) is 0 Å². The van der Waals surface area contributed by atoms with Gasteiger partial charge in [0.25, 0.3) is 0 Å². The zero-order valence-electron chi connectivity index (χ0n) is 9.84. The Hall–Kier alpha value is -0.340. The smallest absolute Gasteiger partial charge is 0.0763 e. The summed E-state index contributed by atoms with van der Waals surface area (Å²) in [7, 11) is 0. The molecular weight excluding hydrogens is 174 g/mol. The van der Waals surface area contributed by atoms with Crippen LogP contribution in [0.5, 0.6) is 0 Å². The highest BCUT2D eigenvalue weighted by Gasteiger charge is 2.19. The van der Waals surface area contributed by atoms with Gasteiger partial charge < -0.3 is 10.1 Å². The van der Waals surface area contributed by atoms with Crippen molar-refractivity contribution >= 4 is 0 Å². The summed E-state index contributed by atoms with van der Waals surface area (Å²) in [6, 6.07) is 0.557. The third-order valence-electron chi connectivity index (χ3n) is 2.52. The molecular formula is C12H23NO. The van der Waals surface area contributed by atoms with E-state index >= 15 is 0 Å². The predicted octanol–water partition coefficient (Wildman–Crippen LogP) is 2.50. The number of hydrogen-bond donors (Lipinski definition) is 1. The summed E-state index contributed by atoms with van der Waals surface area (Å²) >= 11 is 0. The van der Waals surface area contributed by atoms with Crippen LogP contribution in [0.4, 0.5) is 0 Å². The van der Waals surface area contributed by atoms with E-state index in [4.69, 9.17) is 4.74 Å². The average molecular weight is 197 g/mol. The minimum absolute atomic E-state index is 0.360. The van der Waals surface area contributed by atoms with E-state index in [0.717, 1.165) is 6.54 Å². The molecule has 1 aliphatic heterocycles. The van der Waals surface area contributed by atoms with Crippen molar-refractivity contribution in [2.24, 2.45) is 0 Å². The van der Waals surface area contributed by atoms with E-state index in [1.165, 1.54) is 18.4 Å². The number of hydrogen-bond acceptors (Lipinski definition) is 2. The van der Waals surface area contributed by atoms with Crippen LogP contribution in [0.3, 0.4) is 0 Å². The fourth-order valence-electron chi connectivity index (χ4n) is 1.70. The molecule has 0 aromatic heterocycles. The van der Waals surface area contributed by atoms with Gasteiger partial charge in [-0.2, -0.15) is 0 Å². The molecule has 0 radical (unpaired) electrons. The van der Waals surface area contributed by atoms with Crippen molar-refractivity contribution in [2.45, 2.75) is 58.8 Å². The second kappa shape index (κ2) is 5.52. The van der Waals surface area contributed by atoms with Gasteiger partial charge in [0.05, 0.1) is 12.2 Å². The lowest BCUT2D eigenvalue weighted by atomic mass is 10.1. The van der Waals surface area contributed by atoms with E-state index in [0.29, 0.717) is 18.2 Å². The molecule has 1 heterocycles. The van der Waals surface area contributed by atoms with Gasteiger partial charge in [-0.25, -0.2) is 0 Å². The highest BCUT2D eigenvalue weighted by molar-refractivity contribution is 5.05. The maximum atomic E-state index is 5.73. The molecule has 1 rings (SSSR count). The summed E-state index contributed by atoms with van der Waals surface area (Å²) in [6.45, 7) is 9.63. The Kier molecular flexibility index (Phi) is 4.63. The van der Waals surface area contributed by atoms with Crippen LogP contribution in [-0.2, 0) is 4.74 Å². The average Bonchev–Trinajstić information content (AvgIpc) is 2.48. The van der Waals surface area contributed by atoms with Crippen molar-refractivity contribution in [2.75, 3.05) is 6.54 Å². The molecule has 2 atom stereocenters. The molecule has 1 fully saturated rings. The standard InChI is InChI=1S/C12H23NO/c1-9(2)13-8-10(3)7-12-6-5-11(4)14-12/h7,9,11-13H,5-6,8H2,1-4H3/b10-7+. The molecule has 0 bridgehead atoms. The minimum Gasteiger partial charge on any atom is -0.371 e. The SMILES string of the molecule is C/C(=C\C1CCC(C)O1)CNC(C)C. The summed E-state index contributed by atoms with van der Waals surface area (Å²) in [4.78, 5) is 0. The summed E-state index contributed by atoms with van der Waals surface area (Å²) in [5, 5.41) is 3.41. The van der Waals surface area contributed by atoms with Gasteiger partial charge in [0.2, 0.25) is 0 Å². The molecule has 14 heavy (non-hydrogen) atoms. The molecule has 1 saturated heterocycles. The highest BCUT2D eigenvalue weighted by Crippen LogP contribution is 2.20. The van der Waals surface area contributed by atoms with E-state index < -0.39 is 0 Å². The first-order valence-electron chi connectivity index (χ1n) is 5.64. The van der Waals surface area contributed by atoms with Crippen LogP contribution in [0.2, 0.25) is 0 Å². The van der Waals surface area contributed by atoms with Crippen molar-refractivity contribution < 1.29 is 4.74 Å². The normalized spacial score (nSPS) is 28.8. The van der Waals surface area contributed by atoms with Crippen molar-refractivity contribution in [1.82, 2.24) is 5.32 Å². The van der Waals surface area contributed by atoms with Gasteiger partial charge in [0, 0.05) is 12.6 Å². The molecule has 0 aromatic rings. The van der Waals surface area contributed by atoms with Crippen LogP contribution in [-0.4, -0.2) is 24.8 Å². The molecule has 1 aliphatic rings. The lowest BCUT2D eigenvalue weighted by Gasteiger charge is -2.11. The zero-order valence-corrected chi connectivity index (χ0v) is 9.84. The Morgan fingerprint density at radius 2 is 2.21 bits per heavy atom. The third-order valence-corrected chi connectivity index (χ3v) is 2.52. The Morgan fingerprint density at radius 1 is 1.50 bits per heavy atom. The quantitative estimate of drug-likeness (QED) is 0.699. The van der Waals surface area contributed by atoms with Crippen molar-refractivity contribution in [1.29, 1.82) is 0 Å². The van der Waals surface area contributed by atoms with E-state index in [2.05, 4.69) is 39.1 Å². The second-order valence-electron chi connectivity index (χ2n) is 4.61. The minimum atomic E-state index is 0.360. The molecule has 2 unspecified atom stereocenters. The Bertz CT molecular complexity index is 198. The summed E-state index contributed by atoms with van der Waals surface area (Å²) in [5.41, 5.74) is 1.39. The monoisotopic (exact) mass is 197 g/mol. The number of nitrogens with one attached hydrogen (secondary N) is 1. The maximum Gasteiger partial charge on any atom is 0.0763 e. The molecule has 2 heteroatoms. The van der Waals surface area contributed by atoms with Crippen LogP contribution in [0, 0.1) is 0 Å². The van der Waals surface area contributed by atoms with Crippen LogP contribution >= 0.6 is 0 Å². The van der Waals surface area contributed by atoms with E-state index in [1.54, 1.807) is 0 Å². The Labute approximate surface area is 87.7 Å². The molecule has 2 nitrogen and oxygen atoms in total. The second-order valence-corrected chi connectivity index (χ2v) is 4.61. The molecule has 1 N–H and O–H groups in total. The molecule has 82 valence electrons. The summed E-state index contributed by atoms with van der Waals surface area (Å²) < 4.78 is 5.73. The molecule has 0 aliphatic carbocycles. The molecule has 0 amide bonds. The fourth-order valence-corrected chi connectivity index (χ4v) is 1.70. The van der Waals surface area contributed by atoms with Crippen LogP contribution < -0.4 is 5.32 Å². The van der Waals surface area contributed by atoms with Gasteiger partial charge in [0.1, 0.15) is 0 Å². The Balaban J connectivity index is 2.28. The number of ether oxygens (including phenoxy) is 1. The van der Waals surface area contributed by atoms with Gasteiger partial charge in [-0.1, -0.05) is 25.5 Å². The molecule has 0 spiro atoms. The molecule has 0 aromatic carbocycles. The van der Waals surface area contributed by atoms with Gasteiger partial charge in [-0.3, -0.25) is 0 Å². The number of rotatable bonds is 4. The predicted molar refractivity (Wildman–Crippen MR) is 60.5 cm³/mol. The lowest BCUT2D eigenvalue weighted by molar-refractivity contribution is 0.0828. The van der Waals surface area contributed by atoms with Gasteiger partial charge in [-0.15, -0.1) is 0 Å². The summed E-state index contributed by atoms with van der Waals surface area (Å²) in [6.07, 6.45) is 5.45. The van der Waals surface area contributed by atoms with E-state index in [9.17, 15) is 0 Å². The largest absolute Gasteiger partial charge is 0.371 e. The van der Waals surface area contributed by atoms with Crippen molar-refractivity contribution in [3.05, 3.63) is 11.6 Å². The lowest BCUT2D eigenvalue weighted by Crippen LogP contribution is -2.24. The first kappa shape index (κ1) is 11.7. The third kappa shape index (κ3) is 4.25. The van der Waals surface area contributed by atoms with E-state index in [-0.39, 0.29) is 0 Å². The van der Waals surface area contributed by atoms with Crippen LogP contribution in [0.1, 0.15) is 40.5 Å². The maximum absolute atomic E-state index is 5.73. The van der Waals surface area contributed by atoms with Gasteiger partial charge in [-0.05, 0) is 26.7 Å². The van der Waals surface area contributed by atoms with Crippen LogP contribution in [0.25, 0.3) is 0 Å². The first-order chi connectivity index (χ1) is 6.58.